The Morgan fingerprint density at radius 1 is 0.737 bits per heavy atom. The lowest BCUT2D eigenvalue weighted by atomic mass is 9.86. The maximum atomic E-state index is 9.45. The van der Waals surface area contributed by atoms with Gasteiger partial charge < -0.3 is 0 Å². The van der Waals surface area contributed by atoms with Crippen molar-refractivity contribution in [1.82, 2.24) is 4.98 Å². The van der Waals surface area contributed by atoms with Gasteiger partial charge in [-0.2, -0.15) is 10.5 Å². The Labute approximate surface area is 115 Å². The smallest absolute Gasteiger partial charge is 0.101 e. The number of nitriles is 2. The molecule has 0 spiro atoms. The largest absolute Gasteiger partial charge is 0.255 e. The van der Waals surface area contributed by atoms with Crippen LogP contribution in [0.4, 0.5) is 0 Å². The van der Waals surface area contributed by atoms with Crippen molar-refractivity contribution in [2.45, 2.75) is 59.3 Å². The molecular formula is C16H21N3. The Kier molecular flexibility index (Phi) is 4.67. The van der Waals surface area contributed by atoms with E-state index in [0.29, 0.717) is 11.1 Å². The zero-order chi connectivity index (χ0) is 14.7. The van der Waals surface area contributed by atoms with Crippen molar-refractivity contribution in [3.05, 3.63) is 28.1 Å². The van der Waals surface area contributed by atoms with Crippen LogP contribution >= 0.6 is 0 Å². The molecule has 0 aliphatic rings. The predicted octanol–water partition coefficient (Wildman–Crippen LogP) is 4.20. The second-order valence-corrected chi connectivity index (χ2v) is 5.73. The molecule has 1 heterocycles. The molecule has 0 amide bonds. The van der Waals surface area contributed by atoms with Gasteiger partial charge in [0.05, 0.1) is 22.5 Å². The first-order chi connectivity index (χ1) is 8.84. The van der Waals surface area contributed by atoms with E-state index in [0.717, 1.165) is 17.0 Å². The van der Waals surface area contributed by atoms with Crippen LogP contribution in [0.2, 0.25) is 0 Å². The van der Waals surface area contributed by atoms with Gasteiger partial charge in [0.1, 0.15) is 12.1 Å². The van der Waals surface area contributed by atoms with Gasteiger partial charge in [-0.25, -0.2) is 0 Å². The van der Waals surface area contributed by atoms with Crippen LogP contribution in [0.1, 0.15) is 87.4 Å². The summed E-state index contributed by atoms with van der Waals surface area (Å²) in [6, 6.07) is 4.51. The molecule has 0 atom stereocenters. The summed E-state index contributed by atoms with van der Waals surface area (Å²) in [4.78, 5) is 4.61. The number of nitrogens with zero attached hydrogens (tertiary/aromatic N) is 3. The van der Waals surface area contributed by atoms with E-state index in [2.05, 4.69) is 17.1 Å². The summed E-state index contributed by atoms with van der Waals surface area (Å²) in [7, 11) is 0. The van der Waals surface area contributed by atoms with Crippen LogP contribution in [0.3, 0.4) is 0 Å². The molecule has 3 heteroatoms. The fourth-order valence-corrected chi connectivity index (χ4v) is 2.29. The van der Waals surface area contributed by atoms with Crippen LogP contribution in [-0.4, -0.2) is 4.98 Å². The lowest BCUT2D eigenvalue weighted by Crippen LogP contribution is -2.12. The third-order valence-corrected chi connectivity index (χ3v) is 3.19. The first-order valence-corrected chi connectivity index (χ1v) is 6.72. The third kappa shape index (κ3) is 2.76. The first-order valence-electron chi connectivity index (χ1n) is 6.72. The van der Waals surface area contributed by atoms with Crippen molar-refractivity contribution in [2.24, 2.45) is 0 Å². The molecule has 0 saturated heterocycles. The molecule has 0 aromatic carbocycles. The average molecular weight is 255 g/mol. The van der Waals surface area contributed by atoms with Gasteiger partial charge >= 0.3 is 0 Å². The molecule has 100 valence electrons. The van der Waals surface area contributed by atoms with Crippen LogP contribution in [0.15, 0.2) is 0 Å². The molecule has 0 radical (unpaired) electrons. The summed E-state index contributed by atoms with van der Waals surface area (Å²) in [6.45, 7) is 12.2. The fourth-order valence-electron chi connectivity index (χ4n) is 2.29. The van der Waals surface area contributed by atoms with Crippen molar-refractivity contribution in [3.63, 3.8) is 0 Å². The van der Waals surface area contributed by atoms with E-state index in [1.807, 2.05) is 41.5 Å². The van der Waals surface area contributed by atoms with Gasteiger partial charge in [-0.1, -0.05) is 41.5 Å². The van der Waals surface area contributed by atoms with Crippen LogP contribution in [0.5, 0.6) is 0 Å². The van der Waals surface area contributed by atoms with Crippen molar-refractivity contribution in [2.75, 3.05) is 0 Å². The molecule has 1 aromatic rings. The van der Waals surface area contributed by atoms with E-state index < -0.39 is 0 Å². The number of hydrogen-bond donors (Lipinski definition) is 0. The molecule has 0 fully saturated rings. The second kappa shape index (κ2) is 5.85. The second-order valence-electron chi connectivity index (χ2n) is 5.73. The van der Waals surface area contributed by atoms with Crippen LogP contribution in [0, 0.1) is 22.7 Å². The molecule has 1 aromatic heterocycles. The van der Waals surface area contributed by atoms with E-state index in [9.17, 15) is 10.5 Å². The van der Waals surface area contributed by atoms with Gasteiger partial charge in [0, 0.05) is 0 Å². The molecule has 0 aliphatic carbocycles. The summed E-state index contributed by atoms with van der Waals surface area (Å²) in [5, 5.41) is 18.9. The van der Waals surface area contributed by atoms with Gasteiger partial charge in [-0.3, -0.25) is 4.98 Å². The zero-order valence-corrected chi connectivity index (χ0v) is 12.6. The topological polar surface area (TPSA) is 60.5 Å². The SMILES string of the molecule is CC(C)c1nc(C(C)C)c(C#N)c(C(C)C)c1C#N. The molecule has 0 aliphatic heterocycles. The fraction of sp³-hybridized carbons (Fsp3) is 0.562. The summed E-state index contributed by atoms with van der Waals surface area (Å²) >= 11 is 0. The maximum Gasteiger partial charge on any atom is 0.101 e. The maximum absolute atomic E-state index is 9.45. The summed E-state index contributed by atoms with van der Waals surface area (Å²) in [6.07, 6.45) is 0. The minimum atomic E-state index is 0.141. The Morgan fingerprint density at radius 3 is 1.32 bits per heavy atom. The van der Waals surface area contributed by atoms with Gasteiger partial charge in [0.25, 0.3) is 0 Å². The van der Waals surface area contributed by atoms with Gasteiger partial charge in [0.15, 0.2) is 0 Å². The van der Waals surface area contributed by atoms with Crippen LogP contribution in [0.25, 0.3) is 0 Å². The van der Waals surface area contributed by atoms with E-state index in [4.69, 9.17) is 0 Å². The summed E-state index contributed by atoms with van der Waals surface area (Å²) < 4.78 is 0. The van der Waals surface area contributed by atoms with Crippen LogP contribution in [-0.2, 0) is 0 Å². The monoisotopic (exact) mass is 255 g/mol. The predicted molar refractivity (Wildman–Crippen MR) is 75.9 cm³/mol. The van der Waals surface area contributed by atoms with E-state index in [1.54, 1.807) is 0 Å². The Morgan fingerprint density at radius 2 is 1.11 bits per heavy atom. The average Bonchev–Trinajstić information content (AvgIpc) is 2.35. The lowest BCUT2D eigenvalue weighted by molar-refractivity contribution is 0.738. The van der Waals surface area contributed by atoms with Crippen molar-refractivity contribution in [1.29, 1.82) is 10.5 Å². The molecule has 1 rings (SSSR count). The van der Waals surface area contributed by atoms with Crippen molar-refractivity contribution in [3.8, 4) is 12.1 Å². The normalized spacial score (nSPS) is 10.9. The molecule has 3 nitrogen and oxygen atoms in total. The summed E-state index contributed by atoms with van der Waals surface area (Å²) in [5.41, 5.74) is 3.66. The van der Waals surface area contributed by atoms with E-state index >= 15 is 0 Å². The molecule has 19 heavy (non-hydrogen) atoms. The number of pyridine rings is 1. The highest BCUT2D eigenvalue weighted by Crippen LogP contribution is 2.32. The van der Waals surface area contributed by atoms with Crippen molar-refractivity contribution < 1.29 is 0 Å². The van der Waals surface area contributed by atoms with Crippen LogP contribution < -0.4 is 0 Å². The number of rotatable bonds is 3. The molecule has 0 N–H and O–H groups in total. The third-order valence-electron chi connectivity index (χ3n) is 3.19. The number of hydrogen-bond acceptors (Lipinski definition) is 3. The highest BCUT2D eigenvalue weighted by atomic mass is 14.7. The Hall–Kier alpha value is -1.87. The van der Waals surface area contributed by atoms with E-state index in [-0.39, 0.29) is 17.8 Å². The molecule has 0 unspecified atom stereocenters. The zero-order valence-electron chi connectivity index (χ0n) is 12.6. The Bertz CT molecular complexity index is 511. The van der Waals surface area contributed by atoms with Gasteiger partial charge in [0.2, 0.25) is 0 Å². The number of aromatic nitrogens is 1. The molecule has 0 saturated carbocycles. The Balaban J connectivity index is 3.85. The lowest BCUT2D eigenvalue weighted by Gasteiger charge is -2.20. The molecular weight excluding hydrogens is 234 g/mol. The first kappa shape index (κ1) is 15.2. The quantitative estimate of drug-likeness (QED) is 0.813. The van der Waals surface area contributed by atoms with Crippen molar-refractivity contribution >= 4 is 0 Å². The summed E-state index contributed by atoms with van der Waals surface area (Å²) in [5.74, 6) is 0.497. The molecule has 0 bridgehead atoms. The van der Waals surface area contributed by atoms with Gasteiger partial charge in [-0.05, 0) is 23.3 Å². The minimum Gasteiger partial charge on any atom is -0.255 e. The standard InChI is InChI=1S/C16H21N3/c1-9(2)14-12(7-17)15(10(3)4)19-16(11(5)6)13(14)8-18/h9-11H,1-6H3. The van der Waals surface area contributed by atoms with Gasteiger partial charge in [-0.15, -0.1) is 0 Å². The minimum absolute atomic E-state index is 0.141. The highest BCUT2D eigenvalue weighted by Gasteiger charge is 2.24. The highest BCUT2D eigenvalue weighted by molar-refractivity contribution is 5.55. The van der Waals surface area contributed by atoms with E-state index in [1.165, 1.54) is 0 Å².